The minimum Gasteiger partial charge on any atom is -0.309 e. The SMILES string of the molecule is c1ccc(-c2cccc(-c3ccc(-c4nc(-c5cccc(-c6ccccc6)c5)nc(-n5c6ccccc6c6c5ccc5c7ccccc7n(-c7ccccc7)c56)n4)cc3)c2)cc1. The quantitative estimate of drug-likeness (QED) is 0.162. The Hall–Kier alpha value is -8.41. The first-order valence-electron chi connectivity index (χ1n) is 20.9. The van der Waals surface area contributed by atoms with Crippen LogP contribution in [-0.4, -0.2) is 24.1 Å². The fourth-order valence-electron chi connectivity index (χ4n) is 9.08. The summed E-state index contributed by atoms with van der Waals surface area (Å²) in [5.74, 6) is 1.76. The molecule has 12 aromatic rings. The topological polar surface area (TPSA) is 48.5 Å². The third kappa shape index (κ3) is 5.98. The van der Waals surface area contributed by atoms with Crippen molar-refractivity contribution < 1.29 is 0 Å². The monoisotopic (exact) mass is 791 g/mol. The predicted molar refractivity (Wildman–Crippen MR) is 256 cm³/mol. The zero-order valence-electron chi connectivity index (χ0n) is 33.6. The molecule has 0 spiro atoms. The van der Waals surface area contributed by atoms with Gasteiger partial charge in [0.2, 0.25) is 5.95 Å². The molecule has 0 N–H and O–H groups in total. The Labute approximate surface area is 358 Å². The van der Waals surface area contributed by atoms with Gasteiger partial charge in [0.05, 0.1) is 22.1 Å². The van der Waals surface area contributed by atoms with Gasteiger partial charge in [0.15, 0.2) is 11.6 Å². The Kier molecular flexibility index (Phi) is 8.42. The van der Waals surface area contributed by atoms with Crippen LogP contribution in [0.1, 0.15) is 0 Å². The molecule has 0 aliphatic heterocycles. The van der Waals surface area contributed by atoms with Crippen LogP contribution in [0.5, 0.6) is 0 Å². The van der Waals surface area contributed by atoms with Gasteiger partial charge in [-0.2, -0.15) is 9.97 Å². The number of hydrogen-bond acceptors (Lipinski definition) is 3. The average Bonchev–Trinajstić information content (AvgIpc) is 3.88. The van der Waals surface area contributed by atoms with Crippen LogP contribution in [0.3, 0.4) is 0 Å². The van der Waals surface area contributed by atoms with Crippen molar-refractivity contribution in [2.45, 2.75) is 0 Å². The van der Waals surface area contributed by atoms with Crippen molar-refractivity contribution >= 4 is 43.6 Å². The minimum absolute atomic E-state index is 0.558. The number of aromatic nitrogens is 5. The summed E-state index contributed by atoms with van der Waals surface area (Å²) in [4.78, 5) is 15.9. The van der Waals surface area contributed by atoms with E-state index in [2.05, 4.69) is 228 Å². The molecule has 62 heavy (non-hydrogen) atoms. The van der Waals surface area contributed by atoms with Crippen LogP contribution in [0.4, 0.5) is 0 Å². The van der Waals surface area contributed by atoms with E-state index in [1.165, 1.54) is 21.9 Å². The molecule has 0 unspecified atom stereocenters. The summed E-state index contributed by atoms with van der Waals surface area (Å²) in [7, 11) is 0. The fourth-order valence-corrected chi connectivity index (χ4v) is 9.08. The van der Waals surface area contributed by atoms with Crippen molar-refractivity contribution in [3.05, 3.63) is 224 Å². The van der Waals surface area contributed by atoms with Gasteiger partial charge in [-0.05, 0) is 75.8 Å². The molecule has 0 aliphatic carbocycles. The number of nitrogens with zero attached hydrogens (tertiary/aromatic N) is 5. The highest BCUT2D eigenvalue weighted by molar-refractivity contribution is 6.26. The molecule has 0 aliphatic rings. The Morgan fingerprint density at radius 1 is 0.274 bits per heavy atom. The maximum Gasteiger partial charge on any atom is 0.238 e. The Balaban J connectivity index is 1.08. The lowest BCUT2D eigenvalue weighted by atomic mass is 9.98. The molecule has 0 atom stereocenters. The Bertz CT molecular complexity index is 3610. The molecule has 0 fully saturated rings. The molecule has 3 aromatic heterocycles. The first kappa shape index (κ1) is 35.5. The molecule has 0 saturated heterocycles. The number of para-hydroxylation sites is 3. The summed E-state index contributed by atoms with van der Waals surface area (Å²) < 4.78 is 4.62. The van der Waals surface area contributed by atoms with E-state index in [-0.39, 0.29) is 0 Å². The second kappa shape index (κ2) is 14.7. The van der Waals surface area contributed by atoms with Crippen LogP contribution >= 0.6 is 0 Å². The molecule has 0 bridgehead atoms. The normalized spacial score (nSPS) is 11.5. The average molecular weight is 792 g/mol. The lowest BCUT2D eigenvalue weighted by Crippen LogP contribution is -2.06. The van der Waals surface area contributed by atoms with Crippen LogP contribution in [0.2, 0.25) is 0 Å². The van der Waals surface area contributed by atoms with Crippen molar-refractivity contribution in [3.8, 4) is 67.8 Å². The van der Waals surface area contributed by atoms with Crippen LogP contribution in [0.25, 0.3) is 111 Å². The second-order valence-electron chi connectivity index (χ2n) is 15.7. The minimum atomic E-state index is 0.558. The molecule has 5 heteroatoms. The molecule has 0 saturated carbocycles. The molecule has 3 heterocycles. The number of rotatable bonds is 7. The summed E-state index contributed by atoms with van der Waals surface area (Å²) in [6, 6.07) is 79.2. The molecule has 290 valence electrons. The third-order valence-corrected chi connectivity index (χ3v) is 12.0. The van der Waals surface area contributed by atoms with E-state index in [9.17, 15) is 0 Å². The van der Waals surface area contributed by atoms with Gasteiger partial charge >= 0.3 is 0 Å². The van der Waals surface area contributed by atoms with Gasteiger partial charge in [-0.3, -0.25) is 4.57 Å². The highest BCUT2D eigenvalue weighted by Gasteiger charge is 2.23. The fraction of sp³-hybridized carbons (Fsp3) is 0. The first-order valence-corrected chi connectivity index (χ1v) is 20.9. The molecular weight excluding hydrogens is 755 g/mol. The number of hydrogen-bond donors (Lipinski definition) is 0. The molecule has 0 amide bonds. The van der Waals surface area contributed by atoms with Crippen molar-refractivity contribution in [2.75, 3.05) is 0 Å². The zero-order valence-corrected chi connectivity index (χ0v) is 33.6. The zero-order chi connectivity index (χ0) is 41.0. The Morgan fingerprint density at radius 3 is 1.39 bits per heavy atom. The van der Waals surface area contributed by atoms with Gasteiger partial charge in [0.1, 0.15) is 0 Å². The summed E-state index contributed by atoms with van der Waals surface area (Å²) in [6.45, 7) is 0. The molecule has 5 nitrogen and oxygen atoms in total. The Morgan fingerprint density at radius 2 is 0.742 bits per heavy atom. The molecular formula is C57H37N5. The van der Waals surface area contributed by atoms with Gasteiger partial charge in [0.25, 0.3) is 0 Å². The molecule has 0 radical (unpaired) electrons. The van der Waals surface area contributed by atoms with E-state index in [0.717, 1.165) is 71.9 Å². The van der Waals surface area contributed by atoms with Gasteiger partial charge in [-0.25, -0.2) is 4.98 Å². The van der Waals surface area contributed by atoms with E-state index in [4.69, 9.17) is 15.0 Å². The van der Waals surface area contributed by atoms with Crippen LogP contribution in [0.15, 0.2) is 224 Å². The van der Waals surface area contributed by atoms with E-state index >= 15 is 0 Å². The lowest BCUT2D eigenvalue weighted by Gasteiger charge is -2.12. The number of fused-ring (bicyclic) bond motifs is 7. The van der Waals surface area contributed by atoms with Crippen molar-refractivity contribution in [3.63, 3.8) is 0 Å². The maximum atomic E-state index is 5.35. The number of benzene rings is 9. The maximum absolute atomic E-state index is 5.35. The van der Waals surface area contributed by atoms with Crippen LogP contribution < -0.4 is 0 Å². The first-order chi connectivity index (χ1) is 30.7. The van der Waals surface area contributed by atoms with E-state index in [0.29, 0.717) is 17.6 Å². The molecule has 12 rings (SSSR count). The summed E-state index contributed by atoms with van der Waals surface area (Å²) >= 11 is 0. The predicted octanol–water partition coefficient (Wildman–Crippen LogP) is 14.4. The highest BCUT2D eigenvalue weighted by Crippen LogP contribution is 2.42. The van der Waals surface area contributed by atoms with Crippen LogP contribution in [0, 0.1) is 0 Å². The smallest absolute Gasteiger partial charge is 0.238 e. The van der Waals surface area contributed by atoms with Crippen molar-refractivity contribution in [2.24, 2.45) is 0 Å². The van der Waals surface area contributed by atoms with Gasteiger partial charge in [0, 0.05) is 38.4 Å². The van der Waals surface area contributed by atoms with Crippen molar-refractivity contribution in [1.29, 1.82) is 0 Å². The van der Waals surface area contributed by atoms with E-state index in [1.54, 1.807) is 0 Å². The van der Waals surface area contributed by atoms with Crippen molar-refractivity contribution in [1.82, 2.24) is 24.1 Å². The van der Waals surface area contributed by atoms with Gasteiger partial charge < -0.3 is 4.57 Å². The third-order valence-electron chi connectivity index (χ3n) is 12.0. The lowest BCUT2D eigenvalue weighted by molar-refractivity contribution is 0.953. The summed E-state index contributed by atoms with van der Waals surface area (Å²) in [6.07, 6.45) is 0. The highest BCUT2D eigenvalue weighted by atomic mass is 15.2. The van der Waals surface area contributed by atoms with E-state index < -0.39 is 0 Å². The van der Waals surface area contributed by atoms with Gasteiger partial charge in [-0.15, -0.1) is 0 Å². The second-order valence-corrected chi connectivity index (χ2v) is 15.7. The largest absolute Gasteiger partial charge is 0.309 e. The van der Waals surface area contributed by atoms with Crippen LogP contribution in [-0.2, 0) is 0 Å². The molecule has 9 aromatic carbocycles. The standard InChI is InChI=1S/C57H37N5/c1-4-16-38(17-5-1)42-20-14-21-43(36-42)40-30-32-41(33-31-40)55-58-56(45-23-15-22-44(37-45)39-18-6-2-7-19-39)60-57(59-55)62-51-29-13-11-27-49(51)53-52(62)35-34-48-47-26-10-12-28-50(47)61(54(48)53)46-24-8-3-9-25-46/h1-37H. The summed E-state index contributed by atoms with van der Waals surface area (Å²) in [5.41, 5.74) is 14.2. The van der Waals surface area contributed by atoms with Gasteiger partial charge in [-0.1, -0.05) is 182 Å². The van der Waals surface area contributed by atoms with E-state index in [1.807, 2.05) is 6.07 Å². The summed E-state index contributed by atoms with van der Waals surface area (Å²) in [5, 5.41) is 4.69.